The van der Waals surface area contributed by atoms with Crippen LogP contribution in [0, 0.1) is 5.82 Å². The van der Waals surface area contributed by atoms with Gasteiger partial charge in [-0.05, 0) is 47.7 Å². The molecule has 0 spiro atoms. The van der Waals surface area contributed by atoms with E-state index in [1.807, 2.05) is 0 Å². The van der Waals surface area contributed by atoms with Gasteiger partial charge in [-0.1, -0.05) is 23.7 Å². The van der Waals surface area contributed by atoms with Gasteiger partial charge in [-0.2, -0.15) is 13.2 Å². The van der Waals surface area contributed by atoms with Crippen molar-refractivity contribution in [1.82, 2.24) is 0 Å². The Morgan fingerprint density at radius 3 is 2.29 bits per heavy atom. The Morgan fingerprint density at radius 2 is 1.71 bits per heavy atom. The zero-order valence-electron chi connectivity index (χ0n) is 10.5. The van der Waals surface area contributed by atoms with Gasteiger partial charge in [0, 0.05) is 22.2 Å². The van der Waals surface area contributed by atoms with Gasteiger partial charge in [-0.3, -0.25) is 0 Å². The maximum atomic E-state index is 13.1. The third kappa shape index (κ3) is 5.47. The SMILES string of the molecule is Fc1cc(Cl)cc(NCc2ccc(SC(F)(F)F)cc2)c1. The zero-order valence-corrected chi connectivity index (χ0v) is 12.1. The molecule has 21 heavy (non-hydrogen) atoms. The first kappa shape index (κ1) is 16.0. The average molecular weight is 336 g/mol. The predicted molar refractivity (Wildman–Crippen MR) is 77.1 cm³/mol. The van der Waals surface area contributed by atoms with Crippen molar-refractivity contribution in [2.45, 2.75) is 16.9 Å². The Hall–Kier alpha value is -1.40. The van der Waals surface area contributed by atoms with Crippen LogP contribution < -0.4 is 5.32 Å². The van der Waals surface area contributed by atoms with Crippen LogP contribution in [0.2, 0.25) is 5.02 Å². The highest BCUT2D eigenvalue weighted by Gasteiger charge is 2.28. The zero-order chi connectivity index (χ0) is 15.5. The Balaban J connectivity index is 1.97. The van der Waals surface area contributed by atoms with Crippen LogP contribution in [0.15, 0.2) is 47.4 Å². The Kier molecular flexibility index (Phi) is 5.00. The smallest absolute Gasteiger partial charge is 0.381 e. The summed E-state index contributed by atoms with van der Waals surface area (Å²) in [5.74, 6) is -0.457. The molecular weight excluding hydrogens is 326 g/mol. The monoisotopic (exact) mass is 335 g/mol. The quantitative estimate of drug-likeness (QED) is 0.568. The van der Waals surface area contributed by atoms with Crippen molar-refractivity contribution in [3.05, 3.63) is 58.9 Å². The molecule has 0 saturated carbocycles. The van der Waals surface area contributed by atoms with Gasteiger partial charge in [-0.25, -0.2) is 4.39 Å². The summed E-state index contributed by atoms with van der Waals surface area (Å²) in [6.45, 7) is 0.358. The highest BCUT2D eigenvalue weighted by molar-refractivity contribution is 8.00. The van der Waals surface area contributed by atoms with Gasteiger partial charge >= 0.3 is 5.51 Å². The summed E-state index contributed by atoms with van der Waals surface area (Å²) in [5.41, 5.74) is -3.01. The molecule has 1 N–H and O–H groups in total. The van der Waals surface area contributed by atoms with Gasteiger partial charge in [0.2, 0.25) is 0 Å². The number of thioether (sulfide) groups is 1. The van der Waals surface area contributed by atoms with E-state index in [9.17, 15) is 17.6 Å². The number of benzene rings is 2. The summed E-state index contributed by atoms with van der Waals surface area (Å²) in [6.07, 6.45) is 0. The van der Waals surface area contributed by atoms with Crippen LogP contribution in [-0.2, 0) is 6.54 Å². The number of halogens is 5. The third-order valence-electron chi connectivity index (χ3n) is 2.52. The number of anilines is 1. The molecule has 0 saturated heterocycles. The molecule has 0 aliphatic heterocycles. The molecule has 7 heteroatoms. The fourth-order valence-corrected chi connectivity index (χ4v) is 2.43. The van der Waals surface area contributed by atoms with Gasteiger partial charge < -0.3 is 5.32 Å². The molecule has 0 amide bonds. The van der Waals surface area contributed by atoms with Crippen LogP contribution in [0.1, 0.15) is 5.56 Å². The second-order valence-electron chi connectivity index (χ2n) is 4.20. The summed E-state index contributed by atoms with van der Waals surface area (Å²) in [4.78, 5) is 0.125. The summed E-state index contributed by atoms with van der Waals surface area (Å²) in [6, 6.07) is 10.0. The minimum absolute atomic E-state index is 0.125. The molecule has 2 aromatic rings. The van der Waals surface area contributed by atoms with Gasteiger partial charge in [0.1, 0.15) is 5.82 Å². The Morgan fingerprint density at radius 1 is 1.05 bits per heavy atom. The molecule has 0 radical (unpaired) electrons. The van der Waals surface area contributed by atoms with Crippen LogP contribution in [0.3, 0.4) is 0 Å². The van der Waals surface area contributed by atoms with Crippen LogP contribution in [0.5, 0.6) is 0 Å². The first-order chi connectivity index (χ1) is 9.82. The van der Waals surface area contributed by atoms with Gasteiger partial charge in [0.25, 0.3) is 0 Å². The van der Waals surface area contributed by atoms with Crippen LogP contribution >= 0.6 is 23.4 Å². The van der Waals surface area contributed by atoms with E-state index in [0.29, 0.717) is 12.2 Å². The standard InChI is InChI=1S/C14H10ClF4NS/c15-10-5-11(16)7-12(6-10)20-8-9-1-3-13(4-2-9)21-14(17,18)19/h1-7,20H,8H2. The molecule has 0 aliphatic rings. The molecule has 0 aliphatic carbocycles. The van der Waals surface area contributed by atoms with E-state index in [2.05, 4.69) is 5.32 Å². The van der Waals surface area contributed by atoms with E-state index in [-0.39, 0.29) is 21.7 Å². The first-order valence-electron chi connectivity index (χ1n) is 5.86. The number of nitrogens with one attached hydrogen (secondary N) is 1. The number of alkyl halides is 3. The molecule has 112 valence electrons. The van der Waals surface area contributed by atoms with Gasteiger partial charge in [-0.15, -0.1) is 0 Å². The van der Waals surface area contributed by atoms with Crippen molar-refractivity contribution in [1.29, 1.82) is 0 Å². The lowest BCUT2D eigenvalue weighted by atomic mass is 10.2. The molecule has 1 nitrogen and oxygen atoms in total. The van der Waals surface area contributed by atoms with E-state index in [1.54, 1.807) is 18.2 Å². The number of rotatable bonds is 4. The molecule has 0 aromatic heterocycles. The van der Waals surface area contributed by atoms with Gasteiger partial charge in [0.15, 0.2) is 0 Å². The van der Waals surface area contributed by atoms with Crippen molar-refractivity contribution in [3.8, 4) is 0 Å². The predicted octanol–water partition coefficient (Wildman–Crippen LogP) is 5.70. The molecular formula is C14H10ClF4NS. The second-order valence-corrected chi connectivity index (χ2v) is 5.78. The second kappa shape index (κ2) is 6.58. The Labute approximate surface area is 128 Å². The lowest BCUT2D eigenvalue weighted by Crippen LogP contribution is -2.01. The Bertz CT molecular complexity index is 593. The fourth-order valence-electron chi connectivity index (χ4n) is 1.67. The molecule has 2 aromatic carbocycles. The molecule has 0 heterocycles. The lowest BCUT2D eigenvalue weighted by Gasteiger charge is -2.09. The summed E-state index contributed by atoms with van der Waals surface area (Å²) in [5, 5.41) is 3.23. The van der Waals surface area contributed by atoms with Crippen LogP contribution in [0.4, 0.5) is 23.2 Å². The van der Waals surface area contributed by atoms with Crippen molar-refractivity contribution in [2.75, 3.05) is 5.32 Å². The molecule has 0 fully saturated rings. The van der Waals surface area contributed by atoms with Crippen LogP contribution in [-0.4, -0.2) is 5.51 Å². The van der Waals surface area contributed by atoms with Crippen molar-refractivity contribution >= 4 is 29.1 Å². The third-order valence-corrected chi connectivity index (χ3v) is 3.47. The minimum atomic E-state index is -4.29. The van der Waals surface area contributed by atoms with Crippen molar-refractivity contribution < 1.29 is 17.6 Å². The maximum absolute atomic E-state index is 13.1. The van der Waals surface area contributed by atoms with Gasteiger partial charge in [0.05, 0.1) is 0 Å². The van der Waals surface area contributed by atoms with Crippen LogP contribution in [0.25, 0.3) is 0 Å². The van der Waals surface area contributed by atoms with E-state index < -0.39 is 11.3 Å². The summed E-state index contributed by atoms with van der Waals surface area (Å²) in [7, 11) is 0. The van der Waals surface area contributed by atoms with E-state index in [1.165, 1.54) is 24.3 Å². The van der Waals surface area contributed by atoms with E-state index in [0.717, 1.165) is 5.56 Å². The molecule has 0 atom stereocenters. The van der Waals surface area contributed by atoms with Crippen molar-refractivity contribution in [3.63, 3.8) is 0 Å². The molecule has 0 bridgehead atoms. The van der Waals surface area contributed by atoms with E-state index in [4.69, 9.17) is 11.6 Å². The summed E-state index contributed by atoms with van der Waals surface area (Å²) < 4.78 is 49.7. The lowest BCUT2D eigenvalue weighted by molar-refractivity contribution is -0.0328. The average Bonchev–Trinajstić information content (AvgIpc) is 2.35. The highest BCUT2D eigenvalue weighted by atomic mass is 35.5. The van der Waals surface area contributed by atoms with E-state index >= 15 is 0 Å². The fraction of sp³-hybridized carbons (Fsp3) is 0.143. The topological polar surface area (TPSA) is 12.0 Å². The molecule has 2 rings (SSSR count). The molecule has 0 unspecified atom stereocenters. The normalized spacial score (nSPS) is 11.5. The summed E-state index contributed by atoms with van der Waals surface area (Å²) >= 11 is 5.57. The maximum Gasteiger partial charge on any atom is 0.446 e. The minimum Gasteiger partial charge on any atom is -0.381 e. The highest BCUT2D eigenvalue weighted by Crippen LogP contribution is 2.36. The van der Waals surface area contributed by atoms with Crippen molar-refractivity contribution in [2.24, 2.45) is 0 Å². The number of hydrogen-bond acceptors (Lipinski definition) is 2. The number of hydrogen-bond donors (Lipinski definition) is 1. The largest absolute Gasteiger partial charge is 0.446 e. The first-order valence-corrected chi connectivity index (χ1v) is 7.06.